The van der Waals surface area contributed by atoms with Crippen LogP contribution < -0.4 is 11.1 Å². The van der Waals surface area contributed by atoms with Gasteiger partial charge in [0.25, 0.3) is 0 Å². The highest BCUT2D eigenvalue weighted by Gasteiger charge is 2.04. The fraction of sp³-hybridized carbons (Fsp3) is 0.300. The van der Waals surface area contributed by atoms with Crippen LogP contribution in [0.4, 0.5) is 4.79 Å². The number of phenolic OH excluding ortho intramolecular Hbond substituents is 2. The lowest BCUT2D eigenvalue weighted by Crippen LogP contribution is -2.23. The van der Waals surface area contributed by atoms with Gasteiger partial charge in [-0.3, -0.25) is 0 Å². The SMILES string of the molecule is NC(=O)OCCNCc1cccc(O)c1O. The number of aromatic hydroxyl groups is 2. The summed E-state index contributed by atoms with van der Waals surface area (Å²) in [6, 6.07) is 4.71. The van der Waals surface area contributed by atoms with Gasteiger partial charge in [0.2, 0.25) is 0 Å². The molecule has 0 aliphatic carbocycles. The second-order valence-electron chi connectivity index (χ2n) is 3.13. The molecule has 6 nitrogen and oxygen atoms in total. The molecule has 0 radical (unpaired) electrons. The number of para-hydroxylation sites is 1. The summed E-state index contributed by atoms with van der Waals surface area (Å²) in [5.41, 5.74) is 5.34. The fourth-order valence-corrected chi connectivity index (χ4v) is 1.17. The summed E-state index contributed by atoms with van der Waals surface area (Å²) in [6.45, 7) is 0.940. The first-order chi connectivity index (χ1) is 7.61. The molecule has 1 aromatic rings. The number of primary amides is 1. The number of phenols is 2. The van der Waals surface area contributed by atoms with E-state index in [-0.39, 0.29) is 18.1 Å². The van der Waals surface area contributed by atoms with Gasteiger partial charge in [-0.25, -0.2) is 4.79 Å². The number of ether oxygens (including phenoxy) is 1. The van der Waals surface area contributed by atoms with Gasteiger partial charge in [-0.2, -0.15) is 0 Å². The van der Waals surface area contributed by atoms with Crippen LogP contribution >= 0.6 is 0 Å². The Morgan fingerprint density at radius 2 is 2.19 bits per heavy atom. The third-order valence-electron chi connectivity index (χ3n) is 1.94. The van der Waals surface area contributed by atoms with Gasteiger partial charge in [-0.15, -0.1) is 0 Å². The van der Waals surface area contributed by atoms with Gasteiger partial charge >= 0.3 is 6.09 Å². The zero-order chi connectivity index (χ0) is 12.0. The summed E-state index contributed by atoms with van der Waals surface area (Å²) in [5, 5.41) is 21.6. The molecule has 0 fully saturated rings. The van der Waals surface area contributed by atoms with E-state index in [9.17, 15) is 15.0 Å². The molecule has 0 saturated carbocycles. The van der Waals surface area contributed by atoms with Crippen molar-refractivity contribution in [3.63, 3.8) is 0 Å². The van der Waals surface area contributed by atoms with Crippen LogP contribution in [0.2, 0.25) is 0 Å². The second kappa shape index (κ2) is 5.82. The highest BCUT2D eigenvalue weighted by atomic mass is 16.5. The van der Waals surface area contributed by atoms with E-state index in [2.05, 4.69) is 10.1 Å². The lowest BCUT2D eigenvalue weighted by atomic mass is 10.2. The Bertz CT molecular complexity index is 368. The molecule has 88 valence electrons. The number of nitrogens with two attached hydrogens (primary N) is 1. The Morgan fingerprint density at radius 1 is 1.44 bits per heavy atom. The summed E-state index contributed by atoms with van der Waals surface area (Å²) in [4.78, 5) is 10.2. The zero-order valence-electron chi connectivity index (χ0n) is 8.64. The Kier molecular flexibility index (Phi) is 4.41. The van der Waals surface area contributed by atoms with Gasteiger partial charge in [-0.1, -0.05) is 12.1 Å². The maximum Gasteiger partial charge on any atom is 0.404 e. The second-order valence-corrected chi connectivity index (χ2v) is 3.13. The topological polar surface area (TPSA) is 105 Å². The molecule has 0 aromatic heterocycles. The number of benzene rings is 1. The van der Waals surface area contributed by atoms with Crippen molar-refractivity contribution in [1.29, 1.82) is 0 Å². The first-order valence-electron chi connectivity index (χ1n) is 4.74. The van der Waals surface area contributed by atoms with Gasteiger partial charge in [0, 0.05) is 18.7 Å². The smallest absolute Gasteiger partial charge is 0.404 e. The Hall–Kier alpha value is -1.95. The number of carbonyl (C=O) groups is 1. The highest BCUT2D eigenvalue weighted by Crippen LogP contribution is 2.27. The molecule has 0 aliphatic heterocycles. The summed E-state index contributed by atoms with van der Waals surface area (Å²) < 4.78 is 4.50. The summed E-state index contributed by atoms with van der Waals surface area (Å²) in [7, 11) is 0. The normalized spacial score (nSPS) is 10.0. The molecule has 0 spiro atoms. The van der Waals surface area contributed by atoms with Crippen molar-refractivity contribution in [2.24, 2.45) is 5.73 Å². The maximum absolute atomic E-state index is 10.2. The van der Waals surface area contributed by atoms with Crippen LogP contribution in [0.15, 0.2) is 18.2 Å². The van der Waals surface area contributed by atoms with E-state index in [0.717, 1.165) is 0 Å². The van der Waals surface area contributed by atoms with Crippen molar-refractivity contribution >= 4 is 6.09 Å². The lowest BCUT2D eigenvalue weighted by molar-refractivity contribution is 0.157. The molecule has 0 saturated heterocycles. The van der Waals surface area contributed by atoms with E-state index < -0.39 is 6.09 Å². The van der Waals surface area contributed by atoms with Gasteiger partial charge in [0.1, 0.15) is 6.61 Å². The molecule has 1 rings (SSSR count). The number of amides is 1. The van der Waals surface area contributed by atoms with Gasteiger partial charge in [0.05, 0.1) is 0 Å². The molecular weight excluding hydrogens is 212 g/mol. The van der Waals surface area contributed by atoms with E-state index in [1.807, 2.05) is 0 Å². The average molecular weight is 226 g/mol. The lowest BCUT2D eigenvalue weighted by Gasteiger charge is -2.07. The molecule has 5 N–H and O–H groups in total. The minimum absolute atomic E-state index is 0.147. The molecule has 1 amide bonds. The number of hydrogen-bond donors (Lipinski definition) is 4. The molecule has 0 bridgehead atoms. The van der Waals surface area contributed by atoms with Crippen molar-refractivity contribution < 1.29 is 19.7 Å². The molecular formula is C10H14N2O4. The van der Waals surface area contributed by atoms with Gasteiger partial charge in [0.15, 0.2) is 11.5 Å². The molecule has 0 unspecified atom stereocenters. The van der Waals surface area contributed by atoms with Gasteiger partial charge in [-0.05, 0) is 6.07 Å². The zero-order valence-corrected chi connectivity index (χ0v) is 8.64. The first-order valence-corrected chi connectivity index (χ1v) is 4.74. The maximum atomic E-state index is 10.2. The van der Waals surface area contributed by atoms with E-state index >= 15 is 0 Å². The van der Waals surface area contributed by atoms with Crippen LogP contribution in [0.25, 0.3) is 0 Å². The quantitative estimate of drug-likeness (QED) is 0.426. The number of rotatable bonds is 5. The monoisotopic (exact) mass is 226 g/mol. The number of carbonyl (C=O) groups excluding carboxylic acids is 1. The van der Waals surface area contributed by atoms with Crippen LogP contribution in [0.3, 0.4) is 0 Å². The summed E-state index contributed by atoms with van der Waals surface area (Å²) >= 11 is 0. The molecule has 1 aromatic carbocycles. The summed E-state index contributed by atoms with van der Waals surface area (Å²) in [6.07, 6.45) is -0.818. The van der Waals surface area contributed by atoms with E-state index in [4.69, 9.17) is 5.73 Å². The van der Waals surface area contributed by atoms with E-state index in [1.165, 1.54) is 6.07 Å². The van der Waals surface area contributed by atoms with Crippen molar-refractivity contribution in [3.05, 3.63) is 23.8 Å². The van der Waals surface area contributed by atoms with Crippen molar-refractivity contribution in [2.75, 3.05) is 13.2 Å². The van der Waals surface area contributed by atoms with E-state index in [1.54, 1.807) is 12.1 Å². The van der Waals surface area contributed by atoms with Crippen LogP contribution in [0, 0.1) is 0 Å². The van der Waals surface area contributed by atoms with Crippen LogP contribution in [0.1, 0.15) is 5.56 Å². The third-order valence-corrected chi connectivity index (χ3v) is 1.94. The predicted octanol–water partition coefficient (Wildman–Crippen LogP) is 0.283. The molecule has 0 atom stereocenters. The molecule has 0 heterocycles. The Balaban J connectivity index is 2.32. The molecule has 16 heavy (non-hydrogen) atoms. The Labute approximate surface area is 92.6 Å². The predicted molar refractivity (Wildman–Crippen MR) is 57.0 cm³/mol. The highest BCUT2D eigenvalue weighted by molar-refractivity contribution is 5.64. The third kappa shape index (κ3) is 3.66. The minimum atomic E-state index is -0.818. The van der Waals surface area contributed by atoms with Crippen LogP contribution in [-0.4, -0.2) is 29.5 Å². The van der Waals surface area contributed by atoms with Gasteiger partial charge < -0.3 is 26.0 Å². The average Bonchev–Trinajstić information content (AvgIpc) is 2.23. The standard InChI is InChI=1S/C10H14N2O4/c11-10(15)16-5-4-12-6-7-2-1-3-8(13)9(7)14/h1-3,12-14H,4-6H2,(H2,11,15). The fourth-order valence-electron chi connectivity index (χ4n) is 1.17. The van der Waals surface area contributed by atoms with Crippen molar-refractivity contribution in [2.45, 2.75) is 6.54 Å². The van der Waals surface area contributed by atoms with Crippen LogP contribution in [-0.2, 0) is 11.3 Å². The first kappa shape index (κ1) is 12.1. The molecule has 0 aliphatic rings. The minimum Gasteiger partial charge on any atom is -0.504 e. The number of nitrogens with one attached hydrogen (secondary N) is 1. The number of hydrogen-bond acceptors (Lipinski definition) is 5. The summed E-state index contributed by atoms with van der Waals surface area (Å²) in [5.74, 6) is -0.307. The Morgan fingerprint density at radius 3 is 2.88 bits per heavy atom. The van der Waals surface area contributed by atoms with Crippen molar-refractivity contribution in [3.8, 4) is 11.5 Å². The largest absolute Gasteiger partial charge is 0.504 e. The molecule has 6 heteroatoms. The van der Waals surface area contributed by atoms with E-state index in [0.29, 0.717) is 18.7 Å². The van der Waals surface area contributed by atoms with Crippen LogP contribution in [0.5, 0.6) is 11.5 Å². The van der Waals surface area contributed by atoms with Crippen molar-refractivity contribution in [1.82, 2.24) is 5.32 Å².